The van der Waals surface area contributed by atoms with Crippen molar-refractivity contribution in [2.45, 2.75) is 6.92 Å². The van der Waals surface area contributed by atoms with Crippen molar-refractivity contribution in [3.63, 3.8) is 0 Å². The fourth-order valence-electron chi connectivity index (χ4n) is 1.95. The zero-order valence-corrected chi connectivity index (χ0v) is 11.8. The second-order valence-electron chi connectivity index (χ2n) is 4.36. The minimum atomic E-state index is -0.699. The van der Waals surface area contributed by atoms with E-state index in [0.29, 0.717) is 16.0 Å². The molecule has 0 radical (unpaired) electrons. The van der Waals surface area contributed by atoms with Gasteiger partial charge < -0.3 is 0 Å². The van der Waals surface area contributed by atoms with Crippen molar-refractivity contribution in [1.29, 1.82) is 0 Å². The summed E-state index contributed by atoms with van der Waals surface area (Å²) in [4.78, 5) is 29.2. The van der Waals surface area contributed by atoms with Crippen LogP contribution in [-0.4, -0.2) is 15.6 Å². The van der Waals surface area contributed by atoms with E-state index in [9.17, 15) is 14.0 Å². The van der Waals surface area contributed by atoms with Crippen LogP contribution in [0.5, 0.6) is 0 Å². The van der Waals surface area contributed by atoms with E-state index in [4.69, 9.17) is 0 Å². The topological polar surface area (TPSA) is 64.0 Å². The van der Waals surface area contributed by atoms with E-state index in [1.54, 1.807) is 24.4 Å². The molecule has 0 saturated carbocycles. The molecule has 2 aromatic heterocycles. The van der Waals surface area contributed by atoms with Gasteiger partial charge in [0.1, 0.15) is 16.5 Å². The molecule has 0 aliphatic rings. The third-order valence-corrected chi connectivity index (χ3v) is 3.80. The molecule has 1 amide bonds. The summed E-state index contributed by atoms with van der Waals surface area (Å²) in [5.41, 5.74) is 1.87. The van der Waals surface area contributed by atoms with E-state index < -0.39 is 11.7 Å². The molecule has 2 heterocycles. The molecule has 1 N–H and O–H groups in total. The van der Waals surface area contributed by atoms with Gasteiger partial charge in [0, 0.05) is 0 Å². The van der Waals surface area contributed by atoms with Crippen LogP contribution in [0.2, 0.25) is 0 Å². The number of carbonyl (C=O) groups excluding carboxylic acids is 1. The first-order valence-corrected chi connectivity index (χ1v) is 6.98. The van der Waals surface area contributed by atoms with Crippen molar-refractivity contribution in [1.82, 2.24) is 9.66 Å². The molecule has 3 aromatic rings. The van der Waals surface area contributed by atoms with Gasteiger partial charge in [-0.15, -0.1) is 11.3 Å². The van der Waals surface area contributed by atoms with Gasteiger partial charge in [0.15, 0.2) is 0 Å². The Bertz CT molecular complexity index is 901. The fraction of sp³-hybridized carbons (Fsp3) is 0.0714. The summed E-state index contributed by atoms with van der Waals surface area (Å²) in [6.45, 7) is 1.60. The maximum absolute atomic E-state index is 13.6. The molecule has 3 rings (SSSR count). The van der Waals surface area contributed by atoms with Gasteiger partial charge in [-0.1, -0.05) is 12.1 Å². The molecule has 1 aromatic carbocycles. The lowest BCUT2D eigenvalue weighted by molar-refractivity contribution is 0.100. The average Bonchev–Trinajstić information content (AvgIpc) is 2.92. The molecule has 7 heteroatoms. The highest BCUT2D eigenvalue weighted by atomic mass is 32.1. The summed E-state index contributed by atoms with van der Waals surface area (Å²) < 4.78 is 14.6. The second-order valence-corrected chi connectivity index (χ2v) is 5.25. The minimum Gasteiger partial charge on any atom is -0.267 e. The van der Waals surface area contributed by atoms with Crippen LogP contribution in [0.1, 0.15) is 16.2 Å². The second kappa shape index (κ2) is 5.10. The predicted octanol–water partition coefficient (Wildman–Crippen LogP) is 2.29. The van der Waals surface area contributed by atoms with Gasteiger partial charge >= 0.3 is 0 Å². The Morgan fingerprint density at radius 1 is 1.33 bits per heavy atom. The van der Waals surface area contributed by atoms with Crippen LogP contribution < -0.4 is 11.0 Å². The lowest BCUT2D eigenvalue weighted by atomic mass is 10.2. The van der Waals surface area contributed by atoms with Crippen molar-refractivity contribution in [2.75, 3.05) is 5.43 Å². The number of aromatic nitrogens is 2. The summed E-state index contributed by atoms with van der Waals surface area (Å²) in [7, 11) is 0. The summed E-state index contributed by atoms with van der Waals surface area (Å²) >= 11 is 1.34. The van der Waals surface area contributed by atoms with Crippen molar-refractivity contribution in [3.05, 3.63) is 63.3 Å². The number of nitrogens with one attached hydrogen (secondary N) is 1. The van der Waals surface area contributed by atoms with Crippen molar-refractivity contribution in [3.8, 4) is 0 Å². The molecule has 0 unspecified atom stereocenters. The summed E-state index contributed by atoms with van der Waals surface area (Å²) in [6.07, 6.45) is 0. The number of hydrogen-bond acceptors (Lipinski definition) is 4. The van der Waals surface area contributed by atoms with E-state index >= 15 is 0 Å². The molecule has 0 fully saturated rings. The Labute approximate surface area is 122 Å². The normalized spacial score (nSPS) is 10.8. The lowest BCUT2D eigenvalue weighted by Gasteiger charge is -2.11. The maximum Gasteiger partial charge on any atom is 0.281 e. The highest BCUT2D eigenvalue weighted by molar-refractivity contribution is 7.16. The van der Waals surface area contributed by atoms with Gasteiger partial charge in [-0.05, 0) is 30.5 Å². The van der Waals surface area contributed by atoms with E-state index in [0.717, 1.165) is 4.68 Å². The highest BCUT2D eigenvalue weighted by Gasteiger charge is 2.15. The fourth-order valence-corrected chi connectivity index (χ4v) is 2.75. The van der Waals surface area contributed by atoms with Crippen LogP contribution >= 0.6 is 11.3 Å². The quantitative estimate of drug-likeness (QED) is 0.790. The first-order valence-electron chi connectivity index (χ1n) is 6.10. The van der Waals surface area contributed by atoms with Crippen molar-refractivity contribution >= 4 is 27.5 Å². The Morgan fingerprint density at radius 3 is 2.86 bits per heavy atom. The Morgan fingerprint density at radius 2 is 2.10 bits per heavy atom. The Hall–Kier alpha value is -2.54. The SMILES string of the molecule is Cc1nc2sccc2c(=O)n1NC(=O)c1ccccc1F. The van der Waals surface area contributed by atoms with Gasteiger partial charge in [-0.3, -0.25) is 15.0 Å². The summed E-state index contributed by atoms with van der Waals surface area (Å²) in [6, 6.07) is 7.21. The number of fused-ring (bicyclic) bond motifs is 1. The number of carbonyl (C=O) groups is 1. The molecule has 0 bridgehead atoms. The molecule has 21 heavy (non-hydrogen) atoms. The number of benzene rings is 1. The van der Waals surface area contributed by atoms with Gasteiger partial charge in [-0.2, -0.15) is 0 Å². The van der Waals surface area contributed by atoms with Gasteiger partial charge in [-0.25, -0.2) is 14.1 Å². The van der Waals surface area contributed by atoms with E-state index in [2.05, 4.69) is 10.4 Å². The molecule has 0 aliphatic carbocycles. The lowest BCUT2D eigenvalue weighted by Crippen LogP contribution is -2.35. The zero-order valence-electron chi connectivity index (χ0n) is 11.0. The first kappa shape index (κ1) is 13.4. The molecule has 5 nitrogen and oxygen atoms in total. The number of hydrogen-bond donors (Lipinski definition) is 1. The standard InChI is InChI=1S/C14H10FN3O2S/c1-8-16-13-10(6-7-21-13)14(20)18(8)17-12(19)9-4-2-3-5-11(9)15/h2-7H,1H3,(H,17,19). The number of amides is 1. The van der Waals surface area contributed by atoms with E-state index in [-0.39, 0.29) is 11.1 Å². The number of halogens is 1. The summed E-state index contributed by atoms with van der Waals surface area (Å²) in [5.74, 6) is -1.01. The van der Waals surface area contributed by atoms with Crippen LogP contribution in [0.15, 0.2) is 40.5 Å². The van der Waals surface area contributed by atoms with Crippen molar-refractivity contribution < 1.29 is 9.18 Å². The monoisotopic (exact) mass is 303 g/mol. The van der Waals surface area contributed by atoms with Crippen LogP contribution in [0.4, 0.5) is 4.39 Å². The molecule has 0 spiro atoms. The number of rotatable bonds is 2. The number of aryl methyl sites for hydroxylation is 1. The summed E-state index contributed by atoms with van der Waals surface area (Å²) in [5, 5.41) is 2.17. The Balaban J connectivity index is 2.04. The molecule has 0 aliphatic heterocycles. The van der Waals surface area contributed by atoms with Crippen LogP contribution in [0.25, 0.3) is 10.2 Å². The third-order valence-electron chi connectivity index (χ3n) is 3.00. The van der Waals surface area contributed by atoms with Gasteiger partial charge in [0.2, 0.25) is 0 Å². The maximum atomic E-state index is 13.6. The number of thiophene rings is 1. The van der Waals surface area contributed by atoms with Crippen molar-refractivity contribution in [2.24, 2.45) is 0 Å². The smallest absolute Gasteiger partial charge is 0.267 e. The van der Waals surface area contributed by atoms with Crippen LogP contribution in [-0.2, 0) is 0 Å². The molecular formula is C14H10FN3O2S. The molecule has 106 valence electrons. The van der Waals surface area contributed by atoms with Gasteiger partial charge in [0.25, 0.3) is 11.5 Å². The number of nitrogens with zero attached hydrogens (tertiary/aromatic N) is 2. The highest BCUT2D eigenvalue weighted by Crippen LogP contribution is 2.14. The molecule has 0 saturated heterocycles. The van der Waals surface area contributed by atoms with Crippen LogP contribution in [0, 0.1) is 12.7 Å². The van der Waals surface area contributed by atoms with E-state index in [1.165, 1.54) is 29.5 Å². The van der Waals surface area contributed by atoms with Gasteiger partial charge in [0.05, 0.1) is 10.9 Å². The third kappa shape index (κ3) is 2.31. The molecule has 0 atom stereocenters. The zero-order chi connectivity index (χ0) is 15.0. The van der Waals surface area contributed by atoms with E-state index in [1.807, 2.05) is 0 Å². The predicted molar refractivity (Wildman–Crippen MR) is 78.7 cm³/mol. The average molecular weight is 303 g/mol. The largest absolute Gasteiger partial charge is 0.281 e. The first-order chi connectivity index (χ1) is 10.1. The van der Waals surface area contributed by atoms with Crippen LogP contribution in [0.3, 0.4) is 0 Å². The molecular weight excluding hydrogens is 293 g/mol. The Kier molecular flexibility index (Phi) is 3.26. The minimum absolute atomic E-state index is 0.130.